The summed E-state index contributed by atoms with van der Waals surface area (Å²) in [6.45, 7) is 4.26. The van der Waals surface area contributed by atoms with Crippen LogP contribution in [0.5, 0.6) is 5.75 Å². The summed E-state index contributed by atoms with van der Waals surface area (Å²) in [5.74, 6) is 0.245. The molecule has 23 heavy (non-hydrogen) atoms. The lowest BCUT2D eigenvalue weighted by atomic mass is 10.1. The van der Waals surface area contributed by atoms with Gasteiger partial charge in [-0.1, -0.05) is 11.3 Å². The summed E-state index contributed by atoms with van der Waals surface area (Å²) < 4.78 is 7.08. The van der Waals surface area contributed by atoms with Crippen molar-refractivity contribution in [3.05, 3.63) is 40.5 Å². The number of thiazole rings is 1. The highest BCUT2D eigenvalue weighted by Gasteiger charge is 2.21. The number of amides is 1. The van der Waals surface area contributed by atoms with Gasteiger partial charge in [-0.15, -0.1) is 0 Å². The molecule has 3 rings (SSSR count). The van der Waals surface area contributed by atoms with E-state index in [1.54, 1.807) is 11.3 Å². The van der Waals surface area contributed by atoms with E-state index < -0.39 is 5.91 Å². The molecule has 2 N–H and O–H groups in total. The number of rotatable bonds is 5. The maximum absolute atomic E-state index is 11.6. The van der Waals surface area contributed by atoms with Gasteiger partial charge >= 0.3 is 0 Å². The van der Waals surface area contributed by atoms with E-state index in [4.69, 9.17) is 10.5 Å². The first kappa shape index (κ1) is 15.2. The van der Waals surface area contributed by atoms with Gasteiger partial charge in [-0.2, -0.15) is 0 Å². The van der Waals surface area contributed by atoms with E-state index in [0.29, 0.717) is 33.5 Å². The normalized spacial score (nSPS) is 10.9. The Kier molecular flexibility index (Phi) is 3.87. The first-order chi connectivity index (χ1) is 11.1. The quantitative estimate of drug-likeness (QED) is 0.729. The molecule has 0 saturated carbocycles. The molecule has 6 nitrogen and oxygen atoms in total. The Labute approximate surface area is 136 Å². The second-order valence-corrected chi connectivity index (χ2v) is 5.90. The summed E-state index contributed by atoms with van der Waals surface area (Å²) in [6.07, 6.45) is 0.746. The van der Waals surface area contributed by atoms with Gasteiger partial charge in [0, 0.05) is 11.3 Å². The highest BCUT2D eigenvalue weighted by Crippen LogP contribution is 2.31. The van der Waals surface area contributed by atoms with Crippen LogP contribution in [0.4, 0.5) is 0 Å². The summed E-state index contributed by atoms with van der Waals surface area (Å²) >= 11 is 1.18. The van der Waals surface area contributed by atoms with Crippen molar-refractivity contribution in [3.8, 4) is 17.0 Å². The van der Waals surface area contributed by atoms with Crippen LogP contribution in [0.3, 0.4) is 0 Å². The molecule has 7 heteroatoms. The number of fused-ring (bicyclic) bond motifs is 1. The van der Waals surface area contributed by atoms with Crippen LogP contribution in [0, 0.1) is 6.92 Å². The van der Waals surface area contributed by atoms with Crippen molar-refractivity contribution >= 4 is 28.5 Å². The third-order valence-corrected chi connectivity index (χ3v) is 4.67. The number of imidazole rings is 1. The second-order valence-electron chi connectivity index (χ2n) is 4.92. The number of nitrogens with two attached hydrogens (primary N) is 1. The van der Waals surface area contributed by atoms with Crippen LogP contribution in [-0.2, 0) is 0 Å². The van der Waals surface area contributed by atoms with Gasteiger partial charge in [-0.05, 0) is 38.1 Å². The maximum atomic E-state index is 11.6. The summed E-state index contributed by atoms with van der Waals surface area (Å²) in [7, 11) is 0. The van der Waals surface area contributed by atoms with Crippen LogP contribution in [0.2, 0.25) is 0 Å². The molecule has 0 atom stereocenters. The number of carbonyl (C=O) groups excluding carboxylic acids is 2. The lowest BCUT2D eigenvalue weighted by Gasteiger charge is -2.04. The molecule has 0 saturated heterocycles. The Hall–Kier alpha value is -2.67. The minimum atomic E-state index is -0.516. The Bertz CT molecular complexity index is 894. The zero-order valence-electron chi connectivity index (χ0n) is 12.7. The van der Waals surface area contributed by atoms with Gasteiger partial charge in [0.05, 0.1) is 6.61 Å². The number of aromatic nitrogens is 2. The molecular formula is C16H15N3O3S. The third kappa shape index (κ3) is 2.49. The highest BCUT2D eigenvalue weighted by molar-refractivity contribution is 7.19. The van der Waals surface area contributed by atoms with Crippen LogP contribution in [0.1, 0.15) is 32.8 Å². The van der Waals surface area contributed by atoms with Crippen molar-refractivity contribution in [1.82, 2.24) is 9.38 Å². The standard InChI is InChI=1S/C16H15N3O3S/c1-3-22-11-6-4-10(5-7-11)13-12(8-20)19-9(2)14(15(17)21)23-16(19)18-13/h4-8H,3H2,1-2H3,(H2,17,21). The Morgan fingerprint density at radius 1 is 1.39 bits per heavy atom. The number of ether oxygens (including phenoxy) is 1. The highest BCUT2D eigenvalue weighted by atomic mass is 32.1. The van der Waals surface area contributed by atoms with Gasteiger partial charge in [-0.3, -0.25) is 14.0 Å². The van der Waals surface area contributed by atoms with Gasteiger partial charge in [0.1, 0.15) is 22.0 Å². The minimum Gasteiger partial charge on any atom is -0.494 e. The van der Waals surface area contributed by atoms with Crippen LogP contribution in [-0.4, -0.2) is 28.2 Å². The van der Waals surface area contributed by atoms with Crippen molar-refractivity contribution < 1.29 is 14.3 Å². The first-order valence-corrected chi connectivity index (χ1v) is 7.88. The number of carbonyl (C=O) groups is 2. The molecule has 0 aliphatic carbocycles. The van der Waals surface area contributed by atoms with Crippen LogP contribution >= 0.6 is 11.3 Å². The summed E-state index contributed by atoms with van der Waals surface area (Å²) in [6, 6.07) is 7.38. The predicted molar refractivity (Wildman–Crippen MR) is 88.3 cm³/mol. The zero-order chi connectivity index (χ0) is 16.6. The summed E-state index contributed by atoms with van der Waals surface area (Å²) in [5.41, 5.74) is 7.78. The van der Waals surface area contributed by atoms with E-state index in [2.05, 4.69) is 4.98 Å². The fraction of sp³-hybridized carbons (Fsp3) is 0.188. The van der Waals surface area contributed by atoms with E-state index >= 15 is 0 Å². The van der Waals surface area contributed by atoms with Crippen molar-refractivity contribution in [3.63, 3.8) is 0 Å². The third-order valence-electron chi connectivity index (χ3n) is 3.51. The average molecular weight is 329 g/mol. The number of primary amides is 1. The molecule has 118 valence electrons. The molecule has 0 spiro atoms. The van der Waals surface area contributed by atoms with Crippen molar-refractivity contribution in [1.29, 1.82) is 0 Å². The molecule has 0 aliphatic rings. The Balaban J connectivity index is 2.14. The van der Waals surface area contributed by atoms with E-state index in [-0.39, 0.29) is 0 Å². The molecular weight excluding hydrogens is 314 g/mol. The minimum absolute atomic E-state index is 0.408. The van der Waals surface area contributed by atoms with Crippen LogP contribution < -0.4 is 10.5 Å². The number of aryl methyl sites for hydroxylation is 1. The van der Waals surface area contributed by atoms with Gasteiger partial charge < -0.3 is 10.5 Å². The molecule has 1 aromatic carbocycles. The SMILES string of the molecule is CCOc1ccc(-c2nc3sc(C(N)=O)c(C)n3c2C=O)cc1. The number of benzene rings is 1. The second kappa shape index (κ2) is 5.85. The van der Waals surface area contributed by atoms with E-state index in [1.807, 2.05) is 31.2 Å². The van der Waals surface area contributed by atoms with Gasteiger partial charge in [0.2, 0.25) is 0 Å². The van der Waals surface area contributed by atoms with Crippen molar-refractivity contribution in [2.45, 2.75) is 13.8 Å². The van der Waals surface area contributed by atoms with Gasteiger partial charge in [0.15, 0.2) is 11.2 Å². The van der Waals surface area contributed by atoms with Crippen molar-refractivity contribution in [2.24, 2.45) is 5.73 Å². The molecule has 2 aromatic heterocycles. The number of aldehydes is 1. The molecule has 1 amide bonds. The fourth-order valence-electron chi connectivity index (χ4n) is 2.50. The maximum Gasteiger partial charge on any atom is 0.260 e. The lowest BCUT2D eigenvalue weighted by molar-refractivity contribution is 0.100. The molecule has 0 fully saturated rings. The van der Waals surface area contributed by atoms with Crippen LogP contribution in [0.15, 0.2) is 24.3 Å². The Morgan fingerprint density at radius 2 is 2.09 bits per heavy atom. The molecule has 2 heterocycles. The molecule has 0 unspecified atom stereocenters. The topological polar surface area (TPSA) is 86.7 Å². The predicted octanol–water partition coefficient (Wildman–Crippen LogP) is 2.68. The first-order valence-electron chi connectivity index (χ1n) is 7.06. The smallest absolute Gasteiger partial charge is 0.260 e. The molecule has 3 aromatic rings. The fourth-order valence-corrected chi connectivity index (χ4v) is 3.48. The summed E-state index contributed by atoms with van der Waals surface area (Å²) in [4.78, 5) is 28.5. The lowest BCUT2D eigenvalue weighted by Crippen LogP contribution is -2.11. The largest absolute Gasteiger partial charge is 0.494 e. The molecule has 0 radical (unpaired) electrons. The van der Waals surface area contributed by atoms with Gasteiger partial charge in [0.25, 0.3) is 5.91 Å². The number of hydrogen-bond acceptors (Lipinski definition) is 5. The summed E-state index contributed by atoms with van der Waals surface area (Å²) in [5, 5.41) is 0. The number of hydrogen-bond donors (Lipinski definition) is 1. The van der Waals surface area contributed by atoms with E-state index in [0.717, 1.165) is 17.6 Å². The van der Waals surface area contributed by atoms with Crippen molar-refractivity contribution in [2.75, 3.05) is 6.61 Å². The monoisotopic (exact) mass is 329 g/mol. The zero-order valence-corrected chi connectivity index (χ0v) is 13.5. The molecule has 0 aliphatic heterocycles. The van der Waals surface area contributed by atoms with Gasteiger partial charge in [-0.25, -0.2) is 4.98 Å². The Morgan fingerprint density at radius 3 is 2.65 bits per heavy atom. The average Bonchev–Trinajstić information content (AvgIpc) is 3.05. The van der Waals surface area contributed by atoms with E-state index in [1.165, 1.54) is 11.3 Å². The van der Waals surface area contributed by atoms with E-state index in [9.17, 15) is 9.59 Å². The number of nitrogens with zero attached hydrogens (tertiary/aromatic N) is 2. The van der Waals surface area contributed by atoms with Crippen LogP contribution in [0.25, 0.3) is 16.2 Å². The molecule has 0 bridgehead atoms.